The minimum atomic E-state index is 0.331. The number of aryl methyl sites for hydroxylation is 1. The molecule has 1 fully saturated rings. The first-order valence-electron chi connectivity index (χ1n) is 9.16. The highest BCUT2D eigenvalue weighted by molar-refractivity contribution is 6.04. The van der Waals surface area contributed by atoms with Crippen molar-refractivity contribution in [2.24, 2.45) is 0 Å². The molecule has 0 unspecified atom stereocenters. The van der Waals surface area contributed by atoms with Crippen molar-refractivity contribution in [2.45, 2.75) is 19.6 Å². The fraction of sp³-hybridized carbons (Fsp3) is 0.167. The van der Waals surface area contributed by atoms with Crippen LogP contribution in [0.25, 0.3) is 33.3 Å². The summed E-state index contributed by atoms with van der Waals surface area (Å²) < 4.78 is 8.02. The highest BCUT2D eigenvalue weighted by atomic mass is 16.6. The molecule has 4 aromatic rings. The number of nitrogens with zero attached hydrogens (tertiary/aromatic N) is 1. The Morgan fingerprint density at radius 2 is 1.54 bits per heavy atom. The van der Waals surface area contributed by atoms with Gasteiger partial charge in [-0.15, -0.1) is 0 Å². The van der Waals surface area contributed by atoms with Crippen LogP contribution < -0.4 is 0 Å². The molecule has 0 bridgehead atoms. The molecule has 0 N–H and O–H groups in total. The number of rotatable bonds is 4. The van der Waals surface area contributed by atoms with Gasteiger partial charge in [-0.1, -0.05) is 72.3 Å². The molecule has 2 nitrogen and oxygen atoms in total. The van der Waals surface area contributed by atoms with Crippen molar-refractivity contribution in [3.05, 3.63) is 84.4 Å². The molecule has 5 rings (SSSR count). The Labute approximate surface area is 153 Å². The van der Waals surface area contributed by atoms with Crippen LogP contribution in [0.5, 0.6) is 0 Å². The topological polar surface area (TPSA) is 17.5 Å². The molecule has 3 aromatic carbocycles. The Hall–Kier alpha value is -2.84. The Bertz CT molecular complexity index is 1060. The number of fused-ring (bicyclic) bond motifs is 1. The molecule has 0 saturated carbocycles. The number of hydrogen-bond donors (Lipinski definition) is 0. The van der Waals surface area contributed by atoms with E-state index in [1.807, 2.05) is 0 Å². The van der Waals surface area contributed by atoms with Crippen molar-refractivity contribution >= 4 is 10.9 Å². The second-order valence-corrected chi connectivity index (χ2v) is 7.04. The summed E-state index contributed by atoms with van der Waals surface area (Å²) in [6, 6.07) is 28.2. The van der Waals surface area contributed by atoms with Gasteiger partial charge in [0.15, 0.2) is 0 Å². The highest BCUT2D eigenvalue weighted by Crippen LogP contribution is 2.41. The van der Waals surface area contributed by atoms with E-state index in [4.69, 9.17) is 4.74 Å². The van der Waals surface area contributed by atoms with Gasteiger partial charge in [-0.05, 0) is 30.2 Å². The van der Waals surface area contributed by atoms with Gasteiger partial charge in [-0.3, -0.25) is 0 Å². The molecule has 2 heteroatoms. The van der Waals surface area contributed by atoms with Crippen molar-refractivity contribution in [1.29, 1.82) is 0 Å². The summed E-state index contributed by atoms with van der Waals surface area (Å²) in [5.41, 5.74) is 7.68. The van der Waals surface area contributed by atoms with Crippen molar-refractivity contribution < 1.29 is 4.74 Å². The van der Waals surface area contributed by atoms with E-state index in [0.29, 0.717) is 6.10 Å². The van der Waals surface area contributed by atoms with E-state index in [0.717, 1.165) is 13.2 Å². The van der Waals surface area contributed by atoms with Crippen LogP contribution in [-0.2, 0) is 11.3 Å². The minimum Gasteiger partial charge on any atom is -0.371 e. The lowest BCUT2D eigenvalue weighted by atomic mass is 9.98. The van der Waals surface area contributed by atoms with Gasteiger partial charge in [0.05, 0.1) is 24.9 Å². The van der Waals surface area contributed by atoms with Crippen LogP contribution in [0, 0.1) is 6.92 Å². The molecular weight excluding hydrogens is 318 g/mol. The van der Waals surface area contributed by atoms with Gasteiger partial charge in [-0.25, -0.2) is 0 Å². The second kappa shape index (κ2) is 6.15. The maximum atomic E-state index is 5.57. The Morgan fingerprint density at radius 3 is 2.19 bits per heavy atom. The van der Waals surface area contributed by atoms with E-state index in [1.54, 1.807) is 0 Å². The molecular formula is C24H21NO. The second-order valence-electron chi connectivity index (χ2n) is 7.04. The lowest BCUT2D eigenvalue weighted by Gasteiger charge is -2.12. The van der Waals surface area contributed by atoms with Crippen molar-refractivity contribution in [3.63, 3.8) is 0 Å². The van der Waals surface area contributed by atoms with Gasteiger partial charge in [0.1, 0.15) is 0 Å². The molecule has 0 radical (unpaired) electrons. The van der Waals surface area contributed by atoms with E-state index >= 15 is 0 Å². The zero-order valence-corrected chi connectivity index (χ0v) is 14.9. The first-order chi connectivity index (χ1) is 12.8. The van der Waals surface area contributed by atoms with Crippen LogP contribution in [0.2, 0.25) is 0 Å². The average molecular weight is 339 g/mol. The quantitative estimate of drug-likeness (QED) is 0.437. The third-order valence-corrected chi connectivity index (χ3v) is 5.12. The monoisotopic (exact) mass is 339 g/mol. The Morgan fingerprint density at radius 1 is 0.885 bits per heavy atom. The van der Waals surface area contributed by atoms with Crippen molar-refractivity contribution in [2.75, 3.05) is 6.61 Å². The largest absolute Gasteiger partial charge is 0.371 e. The van der Waals surface area contributed by atoms with Crippen LogP contribution in [0.1, 0.15) is 5.56 Å². The van der Waals surface area contributed by atoms with Crippen LogP contribution in [0.4, 0.5) is 0 Å². The first kappa shape index (κ1) is 15.4. The third-order valence-electron chi connectivity index (χ3n) is 5.12. The van der Waals surface area contributed by atoms with E-state index in [-0.39, 0.29) is 0 Å². The van der Waals surface area contributed by atoms with Gasteiger partial charge >= 0.3 is 0 Å². The maximum absolute atomic E-state index is 5.57. The number of benzene rings is 3. The molecule has 1 atom stereocenters. The van der Waals surface area contributed by atoms with Crippen LogP contribution >= 0.6 is 0 Å². The number of ether oxygens (including phenoxy) is 1. The summed E-state index contributed by atoms with van der Waals surface area (Å²) in [5.74, 6) is 0. The van der Waals surface area contributed by atoms with Gasteiger partial charge in [0.2, 0.25) is 0 Å². The zero-order chi connectivity index (χ0) is 17.5. The summed E-state index contributed by atoms with van der Waals surface area (Å²) in [5, 5.41) is 1.32. The van der Waals surface area contributed by atoms with E-state index in [2.05, 4.69) is 90.4 Å². The lowest BCUT2D eigenvalue weighted by Crippen LogP contribution is -2.05. The van der Waals surface area contributed by atoms with E-state index < -0.39 is 0 Å². The van der Waals surface area contributed by atoms with Crippen molar-refractivity contribution in [3.8, 4) is 22.4 Å². The molecule has 1 saturated heterocycles. The predicted molar refractivity (Wildman–Crippen MR) is 107 cm³/mol. The fourth-order valence-corrected chi connectivity index (χ4v) is 3.83. The molecule has 26 heavy (non-hydrogen) atoms. The van der Waals surface area contributed by atoms with E-state index in [9.17, 15) is 0 Å². The Kier molecular flexibility index (Phi) is 3.65. The summed E-state index contributed by atoms with van der Waals surface area (Å²) >= 11 is 0. The number of aromatic nitrogens is 1. The van der Waals surface area contributed by atoms with Gasteiger partial charge in [0.25, 0.3) is 0 Å². The number of hydrogen-bond acceptors (Lipinski definition) is 1. The third kappa shape index (κ3) is 2.63. The average Bonchev–Trinajstić information content (AvgIpc) is 3.45. The summed E-state index contributed by atoms with van der Waals surface area (Å²) in [4.78, 5) is 0. The molecule has 0 amide bonds. The highest BCUT2D eigenvalue weighted by Gasteiger charge is 2.27. The summed E-state index contributed by atoms with van der Waals surface area (Å²) in [6.45, 7) is 3.93. The predicted octanol–water partition coefficient (Wildman–Crippen LogP) is 5.68. The summed E-state index contributed by atoms with van der Waals surface area (Å²) in [7, 11) is 0. The zero-order valence-electron chi connectivity index (χ0n) is 14.9. The number of epoxide rings is 1. The van der Waals surface area contributed by atoms with Gasteiger partial charge in [0, 0.05) is 16.5 Å². The lowest BCUT2D eigenvalue weighted by molar-refractivity contribution is 0.386. The summed E-state index contributed by atoms with van der Waals surface area (Å²) in [6.07, 6.45) is 0.331. The standard InChI is InChI=1S/C24H21NO/c1-17-12-13-22-21(14-17)23(18-8-4-2-5-9-18)24(19-10-6-3-7-11-19)25(22)15-20-16-26-20/h2-14,20H,15-16H2,1H3/t20-/m1/s1. The minimum absolute atomic E-state index is 0.331. The van der Waals surface area contributed by atoms with E-state index in [1.165, 1.54) is 38.9 Å². The Balaban J connectivity index is 1.88. The SMILES string of the molecule is Cc1ccc2c(c1)c(-c1ccccc1)c(-c1ccccc1)n2C[C@@H]1CO1. The van der Waals surface area contributed by atoms with Gasteiger partial charge in [-0.2, -0.15) is 0 Å². The molecule has 1 aromatic heterocycles. The van der Waals surface area contributed by atoms with Crippen molar-refractivity contribution in [1.82, 2.24) is 4.57 Å². The normalized spacial score (nSPS) is 16.1. The molecule has 1 aliphatic heterocycles. The van der Waals surface area contributed by atoms with Crippen LogP contribution in [-0.4, -0.2) is 17.3 Å². The maximum Gasteiger partial charge on any atom is 0.0988 e. The smallest absolute Gasteiger partial charge is 0.0988 e. The molecule has 2 heterocycles. The first-order valence-corrected chi connectivity index (χ1v) is 9.16. The van der Waals surface area contributed by atoms with Gasteiger partial charge < -0.3 is 9.30 Å². The van der Waals surface area contributed by atoms with Crippen LogP contribution in [0.3, 0.4) is 0 Å². The fourth-order valence-electron chi connectivity index (χ4n) is 3.83. The molecule has 0 aliphatic carbocycles. The molecule has 128 valence electrons. The molecule has 0 spiro atoms. The van der Waals surface area contributed by atoms with Crippen LogP contribution in [0.15, 0.2) is 78.9 Å². The molecule has 1 aliphatic rings.